The molecule has 1 N–H and O–H groups in total. The van der Waals surface area contributed by atoms with E-state index in [1.807, 2.05) is 20.2 Å². The van der Waals surface area contributed by atoms with Gasteiger partial charge in [0.25, 0.3) is 0 Å². The zero-order chi connectivity index (χ0) is 9.84. The molecule has 0 aromatic carbocycles. The second kappa shape index (κ2) is 4.42. The zero-order valence-electron chi connectivity index (χ0n) is 8.79. The van der Waals surface area contributed by atoms with Gasteiger partial charge < -0.3 is 9.73 Å². The Kier molecular flexibility index (Phi) is 3.48. The summed E-state index contributed by atoms with van der Waals surface area (Å²) in [4.78, 5) is 4.21. The monoisotopic (exact) mass is 182 g/mol. The highest BCUT2D eigenvalue weighted by atomic mass is 16.4. The average molecular weight is 182 g/mol. The first-order valence-corrected chi connectivity index (χ1v) is 4.75. The number of nitrogens with zero attached hydrogens (tertiary/aromatic N) is 1. The molecule has 1 rings (SSSR count). The smallest absolute Gasteiger partial charge is 0.211 e. The van der Waals surface area contributed by atoms with Gasteiger partial charge in [-0.05, 0) is 19.9 Å². The molecule has 0 aliphatic carbocycles. The van der Waals surface area contributed by atoms with Crippen LogP contribution in [0.4, 0.5) is 0 Å². The van der Waals surface area contributed by atoms with Crippen LogP contribution in [-0.2, 0) is 6.42 Å². The fraction of sp³-hybridized carbons (Fsp3) is 0.700. The molecule has 0 fully saturated rings. The lowest BCUT2D eigenvalue weighted by molar-refractivity contribution is 0.394. The average Bonchev–Trinajstić information content (AvgIpc) is 2.50. The molecule has 0 radical (unpaired) electrons. The van der Waals surface area contributed by atoms with Crippen LogP contribution in [-0.4, -0.2) is 12.0 Å². The number of aromatic nitrogens is 1. The topological polar surface area (TPSA) is 38.1 Å². The van der Waals surface area contributed by atoms with Crippen molar-refractivity contribution in [2.45, 2.75) is 33.2 Å². The van der Waals surface area contributed by atoms with Gasteiger partial charge >= 0.3 is 0 Å². The molecule has 1 aromatic heterocycles. The summed E-state index contributed by atoms with van der Waals surface area (Å²) in [6.45, 7) is 6.37. The van der Waals surface area contributed by atoms with E-state index in [0.29, 0.717) is 5.92 Å². The Balaban J connectivity index is 2.63. The van der Waals surface area contributed by atoms with E-state index in [9.17, 15) is 0 Å². The molecule has 1 heterocycles. The highest BCUT2D eigenvalue weighted by Crippen LogP contribution is 2.14. The molecule has 1 atom stereocenters. The van der Waals surface area contributed by atoms with Crippen LogP contribution >= 0.6 is 0 Å². The molecule has 0 aliphatic rings. The van der Waals surface area contributed by atoms with Crippen molar-refractivity contribution < 1.29 is 4.42 Å². The van der Waals surface area contributed by atoms with Crippen molar-refractivity contribution in [1.82, 2.24) is 10.3 Å². The summed E-state index contributed by atoms with van der Waals surface area (Å²) in [7, 11) is 1.90. The van der Waals surface area contributed by atoms with Crippen molar-refractivity contribution in [1.29, 1.82) is 0 Å². The van der Waals surface area contributed by atoms with Gasteiger partial charge in [-0.2, -0.15) is 0 Å². The summed E-state index contributed by atoms with van der Waals surface area (Å²) >= 11 is 0. The standard InChI is InChI=1S/C10H18N2O/c1-7(2)5-9-6-12-10(13-9)8(3)11-4/h6-8,11H,5H2,1-4H3. The van der Waals surface area contributed by atoms with E-state index in [0.717, 1.165) is 18.1 Å². The van der Waals surface area contributed by atoms with E-state index in [2.05, 4.69) is 24.1 Å². The molecular formula is C10H18N2O. The van der Waals surface area contributed by atoms with E-state index in [1.165, 1.54) is 0 Å². The molecule has 13 heavy (non-hydrogen) atoms. The maximum atomic E-state index is 5.57. The molecule has 1 unspecified atom stereocenters. The van der Waals surface area contributed by atoms with Gasteiger partial charge in [0.1, 0.15) is 5.76 Å². The summed E-state index contributed by atoms with van der Waals surface area (Å²) in [5, 5.41) is 3.09. The SMILES string of the molecule is CNC(C)c1ncc(CC(C)C)o1. The van der Waals surface area contributed by atoms with Gasteiger partial charge in [-0.3, -0.25) is 0 Å². The van der Waals surface area contributed by atoms with E-state index in [4.69, 9.17) is 4.42 Å². The number of nitrogens with one attached hydrogen (secondary N) is 1. The molecule has 74 valence electrons. The molecule has 0 spiro atoms. The number of oxazole rings is 1. The number of hydrogen-bond acceptors (Lipinski definition) is 3. The number of rotatable bonds is 4. The van der Waals surface area contributed by atoms with Crippen LogP contribution in [0.25, 0.3) is 0 Å². The van der Waals surface area contributed by atoms with Gasteiger partial charge in [0.2, 0.25) is 5.89 Å². The Morgan fingerprint density at radius 3 is 2.69 bits per heavy atom. The van der Waals surface area contributed by atoms with Crippen LogP contribution in [0.1, 0.15) is 38.5 Å². The molecule has 3 nitrogen and oxygen atoms in total. The fourth-order valence-electron chi connectivity index (χ4n) is 1.14. The largest absolute Gasteiger partial charge is 0.444 e. The summed E-state index contributed by atoms with van der Waals surface area (Å²) in [6, 6.07) is 0.195. The molecule has 0 saturated carbocycles. The Hall–Kier alpha value is -0.830. The fourth-order valence-corrected chi connectivity index (χ4v) is 1.14. The van der Waals surface area contributed by atoms with Crippen molar-refractivity contribution >= 4 is 0 Å². The first kappa shape index (κ1) is 10.3. The maximum Gasteiger partial charge on any atom is 0.211 e. The zero-order valence-corrected chi connectivity index (χ0v) is 8.79. The quantitative estimate of drug-likeness (QED) is 0.775. The highest BCUT2D eigenvalue weighted by Gasteiger charge is 2.10. The Labute approximate surface area is 79.5 Å². The van der Waals surface area contributed by atoms with Gasteiger partial charge in [0, 0.05) is 6.42 Å². The van der Waals surface area contributed by atoms with Crippen molar-refractivity contribution in [3.8, 4) is 0 Å². The van der Waals surface area contributed by atoms with Crippen molar-refractivity contribution in [3.63, 3.8) is 0 Å². The molecule has 1 aromatic rings. The van der Waals surface area contributed by atoms with Crippen LogP contribution in [0, 0.1) is 5.92 Å². The van der Waals surface area contributed by atoms with Crippen molar-refractivity contribution in [3.05, 3.63) is 17.8 Å². The minimum absolute atomic E-state index is 0.195. The van der Waals surface area contributed by atoms with Gasteiger partial charge in [-0.15, -0.1) is 0 Å². The van der Waals surface area contributed by atoms with Gasteiger partial charge in [-0.1, -0.05) is 13.8 Å². The number of hydrogen-bond donors (Lipinski definition) is 1. The Bertz CT molecular complexity index is 255. The summed E-state index contributed by atoms with van der Waals surface area (Å²) in [5.41, 5.74) is 0. The minimum atomic E-state index is 0.195. The Morgan fingerprint density at radius 1 is 1.46 bits per heavy atom. The van der Waals surface area contributed by atoms with Crippen LogP contribution in [0.5, 0.6) is 0 Å². The van der Waals surface area contributed by atoms with Crippen molar-refractivity contribution in [2.75, 3.05) is 7.05 Å². The first-order chi connectivity index (χ1) is 6.13. The molecule has 0 bridgehead atoms. The molecule has 0 amide bonds. The lowest BCUT2D eigenvalue weighted by atomic mass is 10.1. The molecule has 3 heteroatoms. The summed E-state index contributed by atoms with van der Waals surface area (Å²) in [5.74, 6) is 2.37. The van der Waals surface area contributed by atoms with E-state index >= 15 is 0 Å². The summed E-state index contributed by atoms with van der Waals surface area (Å²) in [6.07, 6.45) is 2.78. The van der Waals surface area contributed by atoms with Gasteiger partial charge in [0.15, 0.2) is 0 Å². The van der Waals surface area contributed by atoms with Crippen LogP contribution in [0.3, 0.4) is 0 Å². The summed E-state index contributed by atoms with van der Waals surface area (Å²) < 4.78 is 5.57. The second-order valence-electron chi connectivity index (χ2n) is 3.77. The van der Waals surface area contributed by atoms with Crippen LogP contribution < -0.4 is 5.32 Å². The third-order valence-corrected chi connectivity index (χ3v) is 1.98. The molecular weight excluding hydrogens is 164 g/mol. The van der Waals surface area contributed by atoms with Gasteiger partial charge in [0.05, 0.1) is 12.2 Å². The predicted molar refractivity (Wildman–Crippen MR) is 52.5 cm³/mol. The second-order valence-corrected chi connectivity index (χ2v) is 3.77. The first-order valence-electron chi connectivity index (χ1n) is 4.75. The molecule has 0 aliphatic heterocycles. The molecule has 0 saturated heterocycles. The van der Waals surface area contributed by atoms with E-state index in [1.54, 1.807) is 0 Å². The predicted octanol–water partition coefficient (Wildman–Crippen LogP) is 2.15. The normalized spacial score (nSPS) is 13.6. The van der Waals surface area contributed by atoms with Crippen LogP contribution in [0.15, 0.2) is 10.6 Å². The lowest BCUT2D eigenvalue weighted by Crippen LogP contribution is -2.12. The highest BCUT2D eigenvalue weighted by molar-refractivity contribution is 4.97. The lowest BCUT2D eigenvalue weighted by Gasteiger charge is -2.04. The maximum absolute atomic E-state index is 5.57. The van der Waals surface area contributed by atoms with Gasteiger partial charge in [-0.25, -0.2) is 4.98 Å². The van der Waals surface area contributed by atoms with Crippen molar-refractivity contribution in [2.24, 2.45) is 5.92 Å². The minimum Gasteiger partial charge on any atom is -0.444 e. The Morgan fingerprint density at radius 2 is 2.15 bits per heavy atom. The van der Waals surface area contributed by atoms with E-state index in [-0.39, 0.29) is 6.04 Å². The third-order valence-electron chi connectivity index (χ3n) is 1.98. The third kappa shape index (κ3) is 2.84. The van der Waals surface area contributed by atoms with E-state index < -0.39 is 0 Å². The van der Waals surface area contributed by atoms with Crippen LogP contribution in [0.2, 0.25) is 0 Å².